The molecule has 4 heterocycles. The van der Waals surface area contributed by atoms with Crippen LogP contribution in [0.25, 0.3) is 0 Å². The lowest BCUT2D eigenvalue weighted by Gasteiger charge is -2.22. The number of nitrogens with zero attached hydrogens (tertiary/aromatic N) is 5. The van der Waals surface area contributed by atoms with E-state index in [4.69, 9.17) is 11.6 Å². The number of pyridine rings is 1. The minimum atomic E-state index is 0.654. The smallest absolute Gasteiger partial charge is 0.225 e. The van der Waals surface area contributed by atoms with Crippen LogP contribution >= 0.6 is 11.6 Å². The van der Waals surface area contributed by atoms with Crippen molar-refractivity contribution in [1.82, 2.24) is 15.0 Å². The Morgan fingerprint density at radius 3 is 2.36 bits per heavy atom. The molecule has 0 amide bonds. The quantitative estimate of drug-likeness (QED) is 0.851. The highest BCUT2D eigenvalue weighted by molar-refractivity contribution is 6.30. The first-order chi connectivity index (χ1) is 10.7. The highest BCUT2D eigenvalue weighted by Gasteiger charge is 2.41. The van der Waals surface area contributed by atoms with Crippen LogP contribution in [0.5, 0.6) is 0 Å². The van der Waals surface area contributed by atoms with Gasteiger partial charge in [-0.15, -0.1) is 0 Å². The fourth-order valence-electron chi connectivity index (χ4n) is 3.49. The monoisotopic (exact) mass is 315 g/mol. The summed E-state index contributed by atoms with van der Waals surface area (Å²) in [5, 5.41) is 0.686. The van der Waals surface area contributed by atoms with Crippen LogP contribution in [0.3, 0.4) is 0 Å². The summed E-state index contributed by atoms with van der Waals surface area (Å²) in [6.45, 7) is 6.15. The third-order valence-electron chi connectivity index (χ3n) is 4.59. The van der Waals surface area contributed by atoms with E-state index in [0.717, 1.165) is 43.6 Å². The molecular formula is C16H18ClN5. The second kappa shape index (κ2) is 5.39. The van der Waals surface area contributed by atoms with Gasteiger partial charge >= 0.3 is 0 Å². The molecule has 0 N–H and O–H groups in total. The molecule has 2 aromatic heterocycles. The van der Waals surface area contributed by atoms with Crippen molar-refractivity contribution in [3.8, 4) is 0 Å². The predicted octanol–water partition coefficient (Wildman–Crippen LogP) is 2.41. The van der Waals surface area contributed by atoms with Gasteiger partial charge in [0.25, 0.3) is 0 Å². The second-order valence-electron chi connectivity index (χ2n) is 6.16. The number of fused-ring (bicyclic) bond motifs is 1. The molecule has 5 nitrogen and oxygen atoms in total. The van der Waals surface area contributed by atoms with Crippen molar-refractivity contribution in [2.75, 3.05) is 36.0 Å². The number of hydrogen-bond acceptors (Lipinski definition) is 5. The molecule has 2 aromatic rings. The molecule has 114 valence electrons. The van der Waals surface area contributed by atoms with Gasteiger partial charge in [-0.25, -0.2) is 15.0 Å². The average molecular weight is 316 g/mol. The van der Waals surface area contributed by atoms with Crippen LogP contribution in [-0.2, 0) is 0 Å². The SMILES string of the molecule is Cc1ccnc(N2CC3CN(c4ccc(Cl)cn4)CC3C2)n1. The molecular weight excluding hydrogens is 298 g/mol. The lowest BCUT2D eigenvalue weighted by molar-refractivity contribution is 0.533. The molecule has 0 aromatic carbocycles. The van der Waals surface area contributed by atoms with Gasteiger partial charge in [0, 0.05) is 56.1 Å². The number of aromatic nitrogens is 3. The Morgan fingerprint density at radius 2 is 1.73 bits per heavy atom. The van der Waals surface area contributed by atoms with E-state index in [1.807, 2.05) is 31.3 Å². The van der Waals surface area contributed by atoms with Crippen molar-refractivity contribution in [3.63, 3.8) is 0 Å². The van der Waals surface area contributed by atoms with Crippen molar-refractivity contribution < 1.29 is 0 Å². The Labute approximate surface area is 135 Å². The van der Waals surface area contributed by atoms with Crippen LogP contribution in [0.4, 0.5) is 11.8 Å². The fraction of sp³-hybridized carbons (Fsp3) is 0.438. The summed E-state index contributed by atoms with van der Waals surface area (Å²) in [6, 6.07) is 5.85. The third kappa shape index (κ3) is 2.50. The van der Waals surface area contributed by atoms with Gasteiger partial charge in [-0.05, 0) is 25.1 Å². The van der Waals surface area contributed by atoms with Gasteiger partial charge in [0.15, 0.2) is 0 Å². The van der Waals surface area contributed by atoms with Crippen molar-refractivity contribution in [2.45, 2.75) is 6.92 Å². The highest BCUT2D eigenvalue weighted by Crippen LogP contribution is 2.34. The normalized spacial score (nSPS) is 23.9. The maximum absolute atomic E-state index is 5.91. The molecule has 22 heavy (non-hydrogen) atoms. The molecule has 0 saturated carbocycles. The van der Waals surface area contributed by atoms with Crippen molar-refractivity contribution in [1.29, 1.82) is 0 Å². The fourth-order valence-corrected chi connectivity index (χ4v) is 3.60. The summed E-state index contributed by atoms with van der Waals surface area (Å²) >= 11 is 5.91. The van der Waals surface area contributed by atoms with E-state index >= 15 is 0 Å². The summed E-state index contributed by atoms with van der Waals surface area (Å²) in [6.07, 6.45) is 3.56. The van der Waals surface area contributed by atoms with Crippen molar-refractivity contribution in [3.05, 3.63) is 41.3 Å². The molecule has 2 fully saturated rings. The average Bonchev–Trinajstić information content (AvgIpc) is 3.06. The topological polar surface area (TPSA) is 45.2 Å². The lowest BCUT2D eigenvalue weighted by atomic mass is 10.0. The molecule has 2 aliphatic rings. The molecule has 2 atom stereocenters. The minimum Gasteiger partial charge on any atom is -0.356 e. The number of aryl methyl sites for hydroxylation is 1. The first-order valence-corrected chi connectivity index (χ1v) is 7.98. The van der Waals surface area contributed by atoms with E-state index in [2.05, 4.69) is 24.8 Å². The van der Waals surface area contributed by atoms with E-state index in [-0.39, 0.29) is 0 Å². The van der Waals surface area contributed by atoms with Gasteiger partial charge in [0.1, 0.15) is 5.82 Å². The second-order valence-corrected chi connectivity index (χ2v) is 6.60. The van der Waals surface area contributed by atoms with E-state index in [1.54, 1.807) is 6.20 Å². The summed E-state index contributed by atoms with van der Waals surface area (Å²) in [5.41, 5.74) is 1.02. The first kappa shape index (κ1) is 13.8. The molecule has 0 bridgehead atoms. The Bertz CT molecular complexity index is 660. The van der Waals surface area contributed by atoms with Gasteiger partial charge in [-0.3, -0.25) is 0 Å². The van der Waals surface area contributed by atoms with Crippen molar-refractivity contribution >= 4 is 23.4 Å². The van der Waals surface area contributed by atoms with Gasteiger partial charge in [-0.1, -0.05) is 11.6 Å². The largest absolute Gasteiger partial charge is 0.356 e. The summed E-state index contributed by atoms with van der Waals surface area (Å²) in [7, 11) is 0. The van der Waals surface area contributed by atoms with Crippen LogP contribution in [-0.4, -0.2) is 41.1 Å². The van der Waals surface area contributed by atoms with Crippen LogP contribution in [0, 0.1) is 18.8 Å². The van der Waals surface area contributed by atoms with E-state index in [0.29, 0.717) is 16.9 Å². The van der Waals surface area contributed by atoms with E-state index < -0.39 is 0 Å². The van der Waals surface area contributed by atoms with Crippen LogP contribution in [0.1, 0.15) is 5.69 Å². The van der Waals surface area contributed by atoms with Crippen molar-refractivity contribution in [2.24, 2.45) is 11.8 Å². The summed E-state index contributed by atoms with van der Waals surface area (Å²) in [5.74, 6) is 3.20. The molecule has 6 heteroatoms. The molecule has 0 spiro atoms. The number of anilines is 2. The Kier molecular flexibility index (Phi) is 3.37. The molecule has 4 rings (SSSR count). The van der Waals surface area contributed by atoms with Crippen LogP contribution < -0.4 is 9.80 Å². The molecule has 2 unspecified atom stereocenters. The summed E-state index contributed by atoms with van der Waals surface area (Å²) < 4.78 is 0. The maximum Gasteiger partial charge on any atom is 0.225 e. The lowest BCUT2D eigenvalue weighted by Crippen LogP contribution is -2.30. The van der Waals surface area contributed by atoms with E-state index in [1.165, 1.54) is 0 Å². The number of rotatable bonds is 2. The Hall–Kier alpha value is -1.88. The van der Waals surface area contributed by atoms with Crippen LogP contribution in [0.2, 0.25) is 5.02 Å². The Morgan fingerprint density at radius 1 is 1.00 bits per heavy atom. The number of halogens is 1. The number of hydrogen-bond donors (Lipinski definition) is 0. The first-order valence-electron chi connectivity index (χ1n) is 7.60. The summed E-state index contributed by atoms with van der Waals surface area (Å²) in [4.78, 5) is 18.1. The highest BCUT2D eigenvalue weighted by atomic mass is 35.5. The standard InChI is InChI=1S/C16H18ClN5/c1-11-4-5-18-16(20-11)22-9-12-7-21(8-13(12)10-22)15-3-2-14(17)6-19-15/h2-6,12-13H,7-10H2,1H3. The Balaban J connectivity index is 1.45. The molecule has 0 aliphatic carbocycles. The zero-order chi connectivity index (χ0) is 15.1. The van der Waals surface area contributed by atoms with E-state index in [9.17, 15) is 0 Å². The molecule has 2 saturated heterocycles. The maximum atomic E-state index is 5.91. The third-order valence-corrected chi connectivity index (χ3v) is 4.81. The van der Waals surface area contributed by atoms with Crippen LogP contribution in [0.15, 0.2) is 30.6 Å². The minimum absolute atomic E-state index is 0.654. The van der Waals surface area contributed by atoms with Gasteiger partial charge < -0.3 is 9.80 Å². The van der Waals surface area contributed by atoms with Gasteiger partial charge in [0.2, 0.25) is 5.95 Å². The van der Waals surface area contributed by atoms with Gasteiger partial charge in [0.05, 0.1) is 5.02 Å². The molecule has 0 radical (unpaired) electrons. The molecule has 2 aliphatic heterocycles. The zero-order valence-electron chi connectivity index (χ0n) is 12.5. The predicted molar refractivity (Wildman–Crippen MR) is 87.4 cm³/mol. The van der Waals surface area contributed by atoms with Gasteiger partial charge in [-0.2, -0.15) is 0 Å². The zero-order valence-corrected chi connectivity index (χ0v) is 13.2.